The highest BCUT2D eigenvalue weighted by atomic mass is 16.2. The zero-order valence-electron chi connectivity index (χ0n) is 18.2. The number of carbonyl (C=O) groups is 3. The Morgan fingerprint density at radius 1 is 1.07 bits per heavy atom. The van der Waals surface area contributed by atoms with Gasteiger partial charge in [0.05, 0.1) is 0 Å². The van der Waals surface area contributed by atoms with E-state index in [9.17, 15) is 14.4 Å². The van der Waals surface area contributed by atoms with Crippen molar-refractivity contribution in [2.24, 2.45) is 34.5 Å². The molecule has 5 rings (SSSR count). The number of rotatable bonds is 2. The van der Waals surface area contributed by atoms with Crippen molar-refractivity contribution in [3.63, 3.8) is 0 Å². The number of carbonyl (C=O) groups excluding carboxylic acids is 3. The molecule has 7 atom stereocenters. The highest BCUT2D eigenvalue weighted by Crippen LogP contribution is 2.67. The molecule has 4 nitrogen and oxygen atoms in total. The van der Waals surface area contributed by atoms with Crippen molar-refractivity contribution in [3.8, 4) is 0 Å². The van der Waals surface area contributed by atoms with Gasteiger partial charge in [0.25, 0.3) is 0 Å². The van der Waals surface area contributed by atoms with Gasteiger partial charge < -0.3 is 4.90 Å². The van der Waals surface area contributed by atoms with Crippen LogP contribution < -0.4 is 0 Å². The van der Waals surface area contributed by atoms with Gasteiger partial charge in [-0.2, -0.15) is 0 Å². The average Bonchev–Trinajstić information content (AvgIpc) is 3.24. The fourth-order valence-electron chi connectivity index (χ4n) is 8.71. The molecule has 5 aliphatic rings. The molecule has 4 fully saturated rings. The third-order valence-electron chi connectivity index (χ3n) is 10.0. The largest absolute Gasteiger partial charge is 0.338 e. The van der Waals surface area contributed by atoms with Crippen LogP contribution in [0.25, 0.3) is 0 Å². The van der Waals surface area contributed by atoms with Crippen molar-refractivity contribution in [2.75, 3.05) is 6.54 Å². The lowest BCUT2D eigenvalue weighted by Crippen LogP contribution is -2.60. The molecule has 0 aromatic heterocycles. The summed E-state index contributed by atoms with van der Waals surface area (Å²) in [7, 11) is 0. The molecule has 29 heavy (non-hydrogen) atoms. The molecule has 4 aliphatic carbocycles. The molecule has 4 heteroatoms. The van der Waals surface area contributed by atoms with Crippen molar-refractivity contribution in [1.82, 2.24) is 4.90 Å². The summed E-state index contributed by atoms with van der Waals surface area (Å²) in [4.78, 5) is 39.7. The minimum absolute atomic E-state index is 0.0344. The summed E-state index contributed by atoms with van der Waals surface area (Å²) in [6.07, 6.45) is 10.6. The molecule has 0 spiro atoms. The molecular weight excluding hydrogens is 362 g/mol. The van der Waals surface area contributed by atoms with Gasteiger partial charge in [-0.05, 0) is 81.1 Å². The maximum Gasteiger partial charge on any atom is 0.222 e. The van der Waals surface area contributed by atoms with E-state index < -0.39 is 0 Å². The molecule has 0 bridgehead atoms. The van der Waals surface area contributed by atoms with Crippen LogP contribution in [-0.2, 0) is 14.4 Å². The average molecular weight is 398 g/mol. The van der Waals surface area contributed by atoms with Crippen LogP contribution in [0.5, 0.6) is 0 Å². The van der Waals surface area contributed by atoms with Crippen molar-refractivity contribution in [3.05, 3.63) is 11.6 Å². The summed E-state index contributed by atoms with van der Waals surface area (Å²) < 4.78 is 0. The zero-order valence-corrected chi connectivity index (χ0v) is 18.2. The lowest BCUT2D eigenvalue weighted by Gasteiger charge is -2.61. The van der Waals surface area contributed by atoms with Crippen molar-refractivity contribution in [1.29, 1.82) is 0 Å². The Balaban J connectivity index is 1.53. The number of nitrogens with zero attached hydrogens (tertiary/aromatic N) is 1. The van der Waals surface area contributed by atoms with Gasteiger partial charge in [0.2, 0.25) is 5.91 Å². The van der Waals surface area contributed by atoms with Crippen LogP contribution >= 0.6 is 0 Å². The first-order valence-corrected chi connectivity index (χ1v) is 11.8. The minimum atomic E-state index is -0.0769. The van der Waals surface area contributed by atoms with Crippen LogP contribution in [0, 0.1) is 34.5 Å². The quantitative estimate of drug-likeness (QED) is 0.697. The maximum atomic E-state index is 12.7. The van der Waals surface area contributed by atoms with E-state index in [-0.39, 0.29) is 34.5 Å². The minimum Gasteiger partial charge on any atom is -0.338 e. The Morgan fingerprint density at radius 2 is 1.86 bits per heavy atom. The molecule has 3 saturated carbocycles. The van der Waals surface area contributed by atoms with Gasteiger partial charge in [0, 0.05) is 36.8 Å². The normalized spacial score (nSPS) is 46.8. The Kier molecular flexibility index (Phi) is 4.39. The zero-order chi connectivity index (χ0) is 20.6. The van der Waals surface area contributed by atoms with E-state index in [1.54, 1.807) is 6.92 Å². The fraction of sp³-hybridized carbons (Fsp3) is 0.800. The molecule has 1 aliphatic heterocycles. The van der Waals surface area contributed by atoms with Crippen LogP contribution in [0.1, 0.15) is 78.6 Å². The van der Waals surface area contributed by atoms with E-state index in [4.69, 9.17) is 0 Å². The predicted molar refractivity (Wildman–Crippen MR) is 111 cm³/mol. The Bertz CT molecular complexity index is 800. The van der Waals surface area contributed by atoms with Crippen LogP contribution in [0.4, 0.5) is 0 Å². The van der Waals surface area contributed by atoms with Gasteiger partial charge in [0.15, 0.2) is 5.78 Å². The van der Waals surface area contributed by atoms with E-state index in [1.165, 1.54) is 12.0 Å². The molecule has 0 radical (unpaired) electrons. The second-order valence-corrected chi connectivity index (χ2v) is 11.0. The first-order chi connectivity index (χ1) is 13.8. The van der Waals surface area contributed by atoms with Crippen molar-refractivity contribution < 1.29 is 14.4 Å². The highest BCUT2D eigenvalue weighted by Gasteiger charge is 2.62. The second kappa shape index (κ2) is 6.52. The van der Waals surface area contributed by atoms with E-state index in [2.05, 4.69) is 18.7 Å². The molecule has 1 unspecified atom stereocenters. The van der Waals surface area contributed by atoms with Gasteiger partial charge in [-0.25, -0.2) is 0 Å². The summed E-state index contributed by atoms with van der Waals surface area (Å²) in [5.41, 5.74) is 1.38. The van der Waals surface area contributed by atoms with Crippen LogP contribution in [0.15, 0.2) is 11.6 Å². The molecular formula is C25H35NO3. The van der Waals surface area contributed by atoms with E-state index in [1.807, 2.05) is 6.08 Å². The lowest BCUT2D eigenvalue weighted by atomic mass is 9.45. The third kappa shape index (κ3) is 2.59. The predicted octanol–water partition coefficient (Wildman–Crippen LogP) is 4.32. The van der Waals surface area contributed by atoms with E-state index in [0.29, 0.717) is 36.4 Å². The van der Waals surface area contributed by atoms with Crippen molar-refractivity contribution >= 4 is 17.5 Å². The van der Waals surface area contributed by atoms with Crippen LogP contribution in [-0.4, -0.2) is 35.0 Å². The number of hydrogen-bond acceptors (Lipinski definition) is 3. The molecule has 0 aromatic carbocycles. The Morgan fingerprint density at radius 3 is 2.55 bits per heavy atom. The van der Waals surface area contributed by atoms with Gasteiger partial charge >= 0.3 is 0 Å². The number of hydrogen-bond donors (Lipinski definition) is 0. The molecule has 0 aromatic rings. The van der Waals surface area contributed by atoms with E-state index in [0.717, 1.165) is 45.1 Å². The number of likely N-dealkylation sites (tertiary alicyclic amines) is 1. The lowest BCUT2D eigenvalue weighted by molar-refractivity contribution is -0.141. The Hall–Kier alpha value is -1.45. The van der Waals surface area contributed by atoms with Gasteiger partial charge in [-0.15, -0.1) is 0 Å². The molecule has 1 saturated heterocycles. The van der Waals surface area contributed by atoms with Crippen LogP contribution in [0.2, 0.25) is 0 Å². The molecule has 1 heterocycles. The second-order valence-electron chi connectivity index (χ2n) is 11.0. The first kappa shape index (κ1) is 19.5. The number of amides is 1. The summed E-state index contributed by atoms with van der Waals surface area (Å²) >= 11 is 0. The molecule has 158 valence electrons. The third-order valence-corrected chi connectivity index (χ3v) is 10.0. The Labute approximate surface area is 174 Å². The maximum absolute atomic E-state index is 12.7. The number of Topliss-reactive ketones (excluding diaryl/α,β-unsaturated/α-hetero) is 1. The summed E-state index contributed by atoms with van der Waals surface area (Å²) in [5.74, 6) is 2.80. The first-order valence-electron chi connectivity index (χ1n) is 11.8. The topological polar surface area (TPSA) is 54.5 Å². The van der Waals surface area contributed by atoms with Crippen LogP contribution in [0.3, 0.4) is 0 Å². The SMILES string of the molecule is CC(=O)[C@H]1CC[C@H]2[C@@H]3CCC4=CC(=O)CC(N5CCCC5=O)[C@]4(C)[C@H]3CC[C@]12C. The highest BCUT2D eigenvalue weighted by molar-refractivity contribution is 5.93. The standard InChI is InChI=1S/C25H35NO3/c1-15(27)19-8-9-20-18-7-6-16-13-17(28)14-22(26-12-4-5-23(26)29)25(16,3)21(18)10-11-24(19,20)2/h13,18-22H,4-12,14H2,1-3H3/t18-,19+,20-,21-,22?,24+,25-/m0/s1. The monoisotopic (exact) mass is 397 g/mol. The number of ketones is 2. The van der Waals surface area contributed by atoms with Crippen molar-refractivity contribution in [2.45, 2.75) is 84.6 Å². The summed E-state index contributed by atoms with van der Waals surface area (Å²) in [6, 6.07) is 0.0344. The molecule has 0 N–H and O–H groups in total. The smallest absolute Gasteiger partial charge is 0.222 e. The van der Waals surface area contributed by atoms with E-state index >= 15 is 0 Å². The fourth-order valence-corrected chi connectivity index (χ4v) is 8.71. The summed E-state index contributed by atoms with van der Waals surface area (Å²) in [5, 5.41) is 0. The van der Waals surface area contributed by atoms with Gasteiger partial charge in [-0.1, -0.05) is 19.4 Å². The number of fused-ring (bicyclic) bond motifs is 5. The van der Waals surface area contributed by atoms with Gasteiger partial charge in [-0.3, -0.25) is 14.4 Å². The van der Waals surface area contributed by atoms with Gasteiger partial charge in [0.1, 0.15) is 5.78 Å². The summed E-state index contributed by atoms with van der Waals surface area (Å²) in [6.45, 7) is 7.35. The molecule has 1 amide bonds.